The quantitative estimate of drug-likeness (QED) is 0.840. The summed E-state index contributed by atoms with van der Waals surface area (Å²) in [6, 6.07) is 5.03. The smallest absolute Gasteiger partial charge is 0.251 e. The third kappa shape index (κ3) is 2.76. The van der Waals surface area contributed by atoms with Gasteiger partial charge in [0.05, 0.1) is 16.8 Å². The van der Waals surface area contributed by atoms with Crippen LogP contribution in [0.4, 0.5) is 5.69 Å². The zero-order valence-corrected chi connectivity index (χ0v) is 12.8. The molecule has 1 aliphatic carbocycles. The van der Waals surface area contributed by atoms with Crippen molar-refractivity contribution in [3.05, 3.63) is 28.8 Å². The molecule has 0 spiro atoms. The van der Waals surface area contributed by atoms with Gasteiger partial charge in [-0.25, -0.2) is 0 Å². The van der Waals surface area contributed by atoms with Gasteiger partial charge >= 0.3 is 0 Å². The highest BCUT2D eigenvalue weighted by Crippen LogP contribution is 2.42. The molecule has 4 nitrogen and oxygen atoms in total. The average Bonchev–Trinajstić information content (AvgIpc) is 2.40. The summed E-state index contributed by atoms with van der Waals surface area (Å²) < 4.78 is 5.66. The highest BCUT2D eigenvalue weighted by Gasteiger charge is 2.49. The molecule has 1 aromatic rings. The number of amides is 1. The second kappa shape index (κ2) is 5.62. The predicted molar refractivity (Wildman–Crippen MR) is 80.9 cm³/mol. The maximum absolute atomic E-state index is 12.2. The molecule has 1 aromatic carbocycles. The SMILES string of the molecule is CCOC1CC(NC(=O)c2ccc(Cl)c(N)c2)C1(C)C. The molecule has 1 amide bonds. The molecule has 2 unspecified atom stereocenters. The first-order valence-electron chi connectivity index (χ1n) is 6.83. The van der Waals surface area contributed by atoms with E-state index in [1.807, 2.05) is 6.92 Å². The molecule has 3 N–H and O–H groups in total. The van der Waals surface area contributed by atoms with Crippen LogP contribution in [0.2, 0.25) is 5.02 Å². The number of hydrogen-bond acceptors (Lipinski definition) is 3. The summed E-state index contributed by atoms with van der Waals surface area (Å²) in [5.74, 6) is -0.124. The number of carbonyl (C=O) groups is 1. The largest absolute Gasteiger partial charge is 0.398 e. The van der Waals surface area contributed by atoms with E-state index in [0.29, 0.717) is 22.9 Å². The lowest BCUT2D eigenvalue weighted by Crippen LogP contribution is -2.62. The number of hydrogen-bond donors (Lipinski definition) is 2. The van der Waals surface area contributed by atoms with Crippen LogP contribution in [0.15, 0.2) is 18.2 Å². The van der Waals surface area contributed by atoms with Gasteiger partial charge < -0.3 is 15.8 Å². The first-order valence-corrected chi connectivity index (χ1v) is 7.21. The van der Waals surface area contributed by atoms with E-state index in [4.69, 9.17) is 22.1 Å². The predicted octanol–water partition coefficient (Wildman–Crippen LogP) is 2.86. The number of anilines is 1. The highest BCUT2D eigenvalue weighted by molar-refractivity contribution is 6.33. The maximum Gasteiger partial charge on any atom is 0.251 e. The van der Waals surface area contributed by atoms with Crippen molar-refractivity contribution in [3.63, 3.8) is 0 Å². The zero-order valence-electron chi connectivity index (χ0n) is 12.1. The molecular weight excluding hydrogens is 276 g/mol. The summed E-state index contributed by atoms with van der Waals surface area (Å²) in [5.41, 5.74) is 6.61. The molecule has 0 aromatic heterocycles. The van der Waals surface area contributed by atoms with Crippen LogP contribution in [0, 0.1) is 5.41 Å². The molecule has 0 aliphatic heterocycles. The Hall–Kier alpha value is -1.26. The van der Waals surface area contributed by atoms with Crippen molar-refractivity contribution in [2.75, 3.05) is 12.3 Å². The Morgan fingerprint density at radius 1 is 1.55 bits per heavy atom. The first kappa shape index (κ1) is 15.1. The molecule has 1 saturated carbocycles. The number of halogens is 1. The Morgan fingerprint density at radius 3 is 2.80 bits per heavy atom. The number of rotatable bonds is 4. The standard InChI is InChI=1S/C15H21ClN2O2/c1-4-20-13-8-12(15(13,2)3)18-14(19)9-5-6-10(16)11(17)7-9/h5-7,12-13H,4,8,17H2,1-3H3,(H,18,19). The van der Waals surface area contributed by atoms with E-state index < -0.39 is 0 Å². The van der Waals surface area contributed by atoms with Gasteiger partial charge in [0.2, 0.25) is 0 Å². The van der Waals surface area contributed by atoms with Crippen LogP contribution in [0.5, 0.6) is 0 Å². The average molecular weight is 297 g/mol. The summed E-state index contributed by atoms with van der Waals surface area (Å²) in [6.45, 7) is 6.90. The minimum atomic E-state index is -0.124. The summed E-state index contributed by atoms with van der Waals surface area (Å²) in [5, 5.41) is 3.50. The van der Waals surface area contributed by atoms with Gasteiger partial charge in [-0.05, 0) is 31.5 Å². The fourth-order valence-corrected chi connectivity index (χ4v) is 2.66. The van der Waals surface area contributed by atoms with Gasteiger partial charge in [-0.1, -0.05) is 25.4 Å². The Kier molecular flexibility index (Phi) is 4.25. The lowest BCUT2D eigenvalue weighted by Gasteiger charge is -2.51. The molecule has 2 atom stereocenters. The topological polar surface area (TPSA) is 64.3 Å². The van der Waals surface area contributed by atoms with Crippen molar-refractivity contribution in [1.29, 1.82) is 0 Å². The van der Waals surface area contributed by atoms with Crippen LogP contribution >= 0.6 is 11.6 Å². The number of ether oxygens (including phenoxy) is 1. The molecule has 5 heteroatoms. The molecule has 0 bridgehead atoms. The van der Waals surface area contributed by atoms with Gasteiger partial charge in [-0.3, -0.25) is 4.79 Å². The number of nitrogens with two attached hydrogens (primary N) is 1. The van der Waals surface area contributed by atoms with Crippen molar-refractivity contribution < 1.29 is 9.53 Å². The van der Waals surface area contributed by atoms with Crippen LogP contribution in [-0.2, 0) is 4.74 Å². The molecule has 0 saturated heterocycles. The van der Waals surface area contributed by atoms with Crippen LogP contribution < -0.4 is 11.1 Å². The fraction of sp³-hybridized carbons (Fsp3) is 0.533. The molecule has 20 heavy (non-hydrogen) atoms. The van der Waals surface area contributed by atoms with Crippen LogP contribution in [0.25, 0.3) is 0 Å². The normalized spacial score (nSPS) is 24.0. The van der Waals surface area contributed by atoms with Crippen molar-refractivity contribution in [3.8, 4) is 0 Å². The first-order chi connectivity index (χ1) is 9.36. The Bertz CT molecular complexity index is 517. The summed E-state index contributed by atoms with van der Waals surface area (Å²) in [4.78, 5) is 12.2. The number of benzene rings is 1. The number of carbonyl (C=O) groups excluding carboxylic acids is 1. The van der Waals surface area contributed by atoms with Gasteiger partial charge in [0.25, 0.3) is 5.91 Å². The lowest BCUT2D eigenvalue weighted by molar-refractivity contribution is -0.111. The van der Waals surface area contributed by atoms with E-state index in [0.717, 1.165) is 6.42 Å². The van der Waals surface area contributed by atoms with E-state index in [-0.39, 0.29) is 23.5 Å². The molecular formula is C15H21ClN2O2. The monoisotopic (exact) mass is 296 g/mol. The van der Waals surface area contributed by atoms with E-state index in [9.17, 15) is 4.79 Å². The van der Waals surface area contributed by atoms with Gasteiger partial charge in [-0.2, -0.15) is 0 Å². The minimum Gasteiger partial charge on any atom is -0.398 e. The van der Waals surface area contributed by atoms with Gasteiger partial charge in [0.15, 0.2) is 0 Å². The Balaban J connectivity index is 2.01. The molecule has 1 fully saturated rings. The number of nitrogen functional groups attached to an aromatic ring is 1. The second-order valence-electron chi connectivity index (χ2n) is 5.76. The molecule has 110 valence electrons. The summed E-state index contributed by atoms with van der Waals surface area (Å²) >= 11 is 5.86. The Labute approximate surface area is 124 Å². The van der Waals surface area contributed by atoms with Crippen LogP contribution in [0.3, 0.4) is 0 Å². The van der Waals surface area contributed by atoms with E-state index in [1.165, 1.54) is 0 Å². The van der Waals surface area contributed by atoms with Crippen LogP contribution in [-0.4, -0.2) is 24.7 Å². The van der Waals surface area contributed by atoms with Crippen molar-refractivity contribution >= 4 is 23.2 Å². The van der Waals surface area contributed by atoms with E-state index in [1.54, 1.807) is 18.2 Å². The highest BCUT2D eigenvalue weighted by atomic mass is 35.5. The maximum atomic E-state index is 12.2. The zero-order chi connectivity index (χ0) is 14.9. The minimum absolute atomic E-state index is 0.0519. The van der Waals surface area contributed by atoms with Gasteiger partial charge in [0.1, 0.15) is 0 Å². The van der Waals surface area contributed by atoms with Crippen LogP contribution in [0.1, 0.15) is 37.6 Å². The fourth-order valence-electron chi connectivity index (χ4n) is 2.54. The van der Waals surface area contributed by atoms with Crippen molar-refractivity contribution in [2.24, 2.45) is 5.41 Å². The third-order valence-electron chi connectivity index (χ3n) is 4.11. The van der Waals surface area contributed by atoms with E-state index >= 15 is 0 Å². The second-order valence-corrected chi connectivity index (χ2v) is 6.17. The number of nitrogens with one attached hydrogen (secondary N) is 1. The molecule has 1 aliphatic rings. The molecule has 0 heterocycles. The molecule has 0 radical (unpaired) electrons. The third-order valence-corrected chi connectivity index (χ3v) is 4.45. The summed E-state index contributed by atoms with van der Waals surface area (Å²) in [6.07, 6.45) is 1.04. The van der Waals surface area contributed by atoms with Gasteiger partial charge in [-0.15, -0.1) is 0 Å². The van der Waals surface area contributed by atoms with Crippen molar-refractivity contribution in [2.45, 2.75) is 39.3 Å². The Morgan fingerprint density at radius 2 is 2.25 bits per heavy atom. The van der Waals surface area contributed by atoms with Gasteiger partial charge in [0, 0.05) is 23.6 Å². The lowest BCUT2D eigenvalue weighted by atomic mass is 9.64. The van der Waals surface area contributed by atoms with E-state index in [2.05, 4.69) is 19.2 Å². The molecule has 2 rings (SSSR count). The summed E-state index contributed by atoms with van der Waals surface area (Å²) in [7, 11) is 0. The van der Waals surface area contributed by atoms with Crippen molar-refractivity contribution in [1.82, 2.24) is 5.32 Å².